The van der Waals surface area contributed by atoms with Gasteiger partial charge in [0.15, 0.2) is 0 Å². The first kappa shape index (κ1) is 7.81. The lowest BCUT2D eigenvalue weighted by molar-refractivity contribution is 1.15. The van der Waals surface area contributed by atoms with Crippen molar-refractivity contribution in [3.63, 3.8) is 0 Å². The second-order valence-corrected chi connectivity index (χ2v) is 5.19. The number of rotatable bonds is 2. The summed E-state index contributed by atoms with van der Waals surface area (Å²) in [7, 11) is 1.33. The van der Waals surface area contributed by atoms with Crippen LogP contribution in [0.4, 0.5) is 0 Å². The summed E-state index contributed by atoms with van der Waals surface area (Å²) in [5.74, 6) is 0.819. The number of allylic oxidation sites excluding steroid dienone is 1. The lowest BCUT2D eigenvalue weighted by Gasteiger charge is -2.02. The summed E-state index contributed by atoms with van der Waals surface area (Å²) in [6, 6.07) is 10.6. The monoisotopic (exact) mass is 174 g/mol. The van der Waals surface area contributed by atoms with Crippen molar-refractivity contribution in [2.45, 2.75) is 12.0 Å². The highest BCUT2D eigenvalue weighted by Gasteiger charge is 2.34. The predicted octanol–water partition coefficient (Wildman–Crippen LogP) is 1.87. The van der Waals surface area contributed by atoms with Gasteiger partial charge in [0.2, 0.25) is 0 Å². The van der Waals surface area contributed by atoms with Gasteiger partial charge in [0.25, 0.3) is 0 Å². The number of hydrogen-bond acceptors (Lipinski definition) is 0. The van der Waals surface area contributed by atoms with Gasteiger partial charge < -0.3 is 0 Å². The van der Waals surface area contributed by atoms with E-state index in [4.69, 9.17) is 0 Å². The Hall–Kier alpha value is -0.823. The lowest BCUT2D eigenvalue weighted by Crippen LogP contribution is -1.84. The van der Waals surface area contributed by atoms with E-state index in [1.165, 1.54) is 27.8 Å². The molecule has 0 saturated heterocycles. The molecule has 1 heteroatoms. The van der Waals surface area contributed by atoms with Gasteiger partial charge in [-0.3, -0.25) is 0 Å². The molecule has 0 radical (unpaired) electrons. The Kier molecular flexibility index (Phi) is 1.89. The maximum Gasteiger partial charge on any atom is 0.00753 e. The molecule has 1 aromatic carbocycles. The summed E-state index contributed by atoms with van der Waals surface area (Å²) in [5, 5.41) is 0. The van der Waals surface area contributed by atoms with Crippen LogP contribution in [0.1, 0.15) is 12.0 Å². The molecule has 0 nitrogen and oxygen atoms in total. The largest absolute Gasteiger partial charge is 0.0950 e. The van der Waals surface area contributed by atoms with E-state index in [1.54, 1.807) is 0 Å². The Morgan fingerprint density at radius 2 is 1.92 bits per heavy atom. The molecule has 1 aromatic rings. The Balaban J connectivity index is 2.16. The molecular weight excluding hydrogens is 160 g/mol. The zero-order valence-electron chi connectivity index (χ0n) is 7.46. The van der Waals surface area contributed by atoms with Crippen molar-refractivity contribution >= 4 is 15.8 Å². The molecule has 1 aliphatic carbocycles. The summed E-state index contributed by atoms with van der Waals surface area (Å²) < 4.78 is 0. The molecule has 1 aliphatic rings. The van der Waals surface area contributed by atoms with Gasteiger partial charge in [0.1, 0.15) is 0 Å². The zero-order valence-corrected chi connectivity index (χ0v) is 9.46. The molecule has 0 aromatic heterocycles. The summed E-state index contributed by atoms with van der Waals surface area (Å²) >= 11 is 0. The second kappa shape index (κ2) is 2.90. The van der Waals surface area contributed by atoms with Crippen molar-refractivity contribution in [1.82, 2.24) is 0 Å². The lowest BCUT2D eigenvalue weighted by atomic mass is 10.0. The zero-order chi connectivity index (χ0) is 8.55. The van der Waals surface area contributed by atoms with Gasteiger partial charge in [0.05, 0.1) is 0 Å². The van der Waals surface area contributed by atoms with Crippen LogP contribution in [0.5, 0.6) is 0 Å². The standard InChI is InChI=1S/C11H14Si/c1-8(10-7-11(10)12)9-5-3-2-4-6-9/h2-6,10-11H,1,7H2,12H3. The first-order valence-electron chi connectivity index (χ1n) is 4.53. The summed E-state index contributed by atoms with van der Waals surface area (Å²) in [6.45, 7) is 4.16. The average Bonchev–Trinajstić information content (AvgIpc) is 2.83. The van der Waals surface area contributed by atoms with Crippen molar-refractivity contribution in [3.05, 3.63) is 42.5 Å². The Morgan fingerprint density at radius 1 is 1.33 bits per heavy atom. The fourth-order valence-corrected chi connectivity index (χ4v) is 2.58. The summed E-state index contributed by atoms with van der Waals surface area (Å²) in [4.78, 5) is 0. The maximum absolute atomic E-state index is 4.16. The van der Waals surface area contributed by atoms with E-state index in [-0.39, 0.29) is 0 Å². The van der Waals surface area contributed by atoms with E-state index in [0.717, 1.165) is 11.5 Å². The topological polar surface area (TPSA) is 0 Å². The minimum Gasteiger partial charge on any atom is -0.0950 e. The second-order valence-electron chi connectivity index (χ2n) is 3.71. The molecule has 0 heterocycles. The van der Waals surface area contributed by atoms with Gasteiger partial charge in [-0.2, -0.15) is 0 Å². The van der Waals surface area contributed by atoms with E-state index in [9.17, 15) is 0 Å². The maximum atomic E-state index is 4.16. The van der Waals surface area contributed by atoms with Crippen LogP contribution in [0.25, 0.3) is 5.57 Å². The van der Waals surface area contributed by atoms with Gasteiger partial charge in [-0.25, -0.2) is 0 Å². The van der Waals surface area contributed by atoms with E-state index < -0.39 is 0 Å². The minimum absolute atomic E-state index is 0.819. The Bertz CT molecular complexity index is 289. The van der Waals surface area contributed by atoms with E-state index in [0.29, 0.717) is 0 Å². The molecule has 2 rings (SSSR count). The first-order valence-corrected chi connectivity index (χ1v) is 5.68. The molecule has 0 spiro atoms. The van der Waals surface area contributed by atoms with Crippen LogP contribution in [0, 0.1) is 5.92 Å². The molecule has 0 aliphatic heterocycles. The van der Waals surface area contributed by atoms with Crippen LogP contribution in [-0.2, 0) is 0 Å². The fraction of sp³-hybridized carbons (Fsp3) is 0.273. The Labute approximate surface area is 76.7 Å². The van der Waals surface area contributed by atoms with Crippen LogP contribution in [0.2, 0.25) is 5.54 Å². The van der Waals surface area contributed by atoms with Crippen LogP contribution in [0.15, 0.2) is 36.9 Å². The minimum atomic E-state index is 0.819. The highest BCUT2D eigenvalue weighted by atomic mass is 28.1. The molecule has 12 heavy (non-hydrogen) atoms. The molecule has 1 fully saturated rings. The predicted molar refractivity (Wildman–Crippen MR) is 57.3 cm³/mol. The van der Waals surface area contributed by atoms with Gasteiger partial charge in [-0.1, -0.05) is 36.9 Å². The fourth-order valence-electron chi connectivity index (χ4n) is 1.67. The SMILES string of the molecule is C=C(c1ccccc1)C1CC1[SiH3]. The quantitative estimate of drug-likeness (QED) is 0.601. The third kappa shape index (κ3) is 1.37. The number of benzene rings is 1. The van der Waals surface area contributed by atoms with Gasteiger partial charge in [-0.15, -0.1) is 0 Å². The molecule has 1 saturated carbocycles. The van der Waals surface area contributed by atoms with Crippen molar-refractivity contribution < 1.29 is 0 Å². The Morgan fingerprint density at radius 3 is 2.42 bits per heavy atom. The van der Waals surface area contributed by atoms with Crippen LogP contribution in [0.3, 0.4) is 0 Å². The third-order valence-corrected chi connectivity index (χ3v) is 3.98. The molecule has 2 unspecified atom stereocenters. The summed E-state index contributed by atoms with van der Waals surface area (Å²) in [5.41, 5.74) is 3.69. The molecule has 0 N–H and O–H groups in total. The van der Waals surface area contributed by atoms with Crippen LogP contribution < -0.4 is 0 Å². The third-order valence-electron chi connectivity index (χ3n) is 2.70. The van der Waals surface area contributed by atoms with E-state index in [1.807, 2.05) is 0 Å². The van der Waals surface area contributed by atoms with Crippen LogP contribution in [-0.4, -0.2) is 10.2 Å². The van der Waals surface area contributed by atoms with E-state index in [2.05, 4.69) is 36.9 Å². The van der Waals surface area contributed by atoms with Crippen molar-refractivity contribution in [3.8, 4) is 0 Å². The summed E-state index contributed by atoms with van der Waals surface area (Å²) in [6.07, 6.45) is 1.39. The smallest absolute Gasteiger partial charge is 0.00753 e. The molecule has 2 atom stereocenters. The van der Waals surface area contributed by atoms with E-state index >= 15 is 0 Å². The molecule has 0 amide bonds. The molecular formula is C11H14Si. The van der Waals surface area contributed by atoms with Crippen molar-refractivity contribution in [1.29, 1.82) is 0 Å². The normalized spacial score (nSPS) is 27.0. The van der Waals surface area contributed by atoms with Crippen molar-refractivity contribution in [2.24, 2.45) is 5.92 Å². The van der Waals surface area contributed by atoms with Gasteiger partial charge >= 0.3 is 0 Å². The van der Waals surface area contributed by atoms with Gasteiger partial charge in [-0.05, 0) is 29.0 Å². The first-order chi connectivity index (χ1) is 5.79. The van der Waals surface area contributed by atoms with Gasteiger partial charge in [0, 0.05) is 10.2 Å². The number of hydrogen-bond donors (Lipinski definition) is 0. The van der Waals surface area contributed by atoms with Crippen LogP contribution >= 0.6 is 0 Å². The highest BCUT2D eigenvalue weighted by Crippen LogP contribution is 2.49. The average molecular weight is 174 g/mol. The molecule has 0 bridgehead atoms. The van der Waals surface area contributed by atoms with Crippen molar-refractivity contribution in [2.75, 3.05) is 0 Å². The highest BCUT2D eigenvalue weighted by molar-refractivity contribution is 6.15. The molecule has 62 valence electrons.